The molecule has 0 N–H and O–H groups in total. The minimum absolute atomic E-state index is 0.115. The first-order valence-electron chi connectivity index (χ1n) is 5.64. The van der Waals surface area contributed by atoms with E-state index in [4.69, 9.17) is 0 Å². The highest BCUT2D eigenvalue weighted by atomic mass is 19.3. The zero-order valence-corrected chi connectivity index (χ0v) is 9.42. The molecule has 0 bridgehead atoms. The van der Waals surface area contributed by atoms with Gasteiger partial charge in [-0.25, -0.2) is 8.78 Å². The van der Waals surface area contributed by atoms with Gasteiger partial charge in [0.2, 0.25) is 0 Å². The molecule has 2 aliphatic rings. The summed E-state index contributed by atoms with van der Waals surface area (Å²) in [7, 11) is 0. The van der Waals surface area contributed by atoms with Crippen LogP contribution in [-0.4, -0.2) is 9.78 Å². The molecule has 0 radical (unpaired) electrons. The summed E-state index contributed by atoms with van der Waals surface area (Å²) in [4.78, 5) is 0. The van der Waals surface area contributed by atoms with E-state index in [1.165, 1.54) is 0 Å². The highest BCUT2D eigenvalue weighted by Crippen LogP contribution is 2.68. The molecular weight excluding hydrogens is 236 g/mol. The Morgan fingerprint density at radius 3 is 2.53 bits per heavy atom. The molecule has 2 nitrogen and oxygen atoms in total. The highest BCUT2D eigenvalue weighted by molar-refractivity contribution is 5.46. The number of nitrogens with zero attached hydrogens (tertiary/aromatic N) is 2. The van der Waals surface area contributed by atoms with Crippen molar-refractivity contribution < 1.29 is 17.6 Å². The van der Waals surface area contributed by atoms with Gasteiger partial charge in [-0.05, 0) is 26.2 Å². The van der Waals surface area contributed by atoms with Crippen LogP contribution >= 0.6 is 0 Å². The SMILES string of the molecule is CC(C)n1nc(C(F)F)c2c1C(F)(F)[C@@H]1CC21. The number of aromatic nitrogens is 2. The molecule has 1 fully saturated rings. The van der Waals surface area contributed by atoms with Crippen molar-refractivity contribution in [2.45, 2.75) is 44.6 Å². The Labute approximate surface area is 95.6 Å². The normalized spacial score (nSPS) is 28.7. The van der Waals surface area contributed by atoms with Crippen LogP contribution in [0.3, 0.4) is 0 Å². The minimum Gasteiger partial charge on any atom is -0.260 e. The van der Waals surface area contributed by atoms with E-state index in [1.54, 1.807) is 13.8 Å². The quantitative estimate of drug-likeness (QED) is 0.731. The molecule has 1 unspecified atom stereocenters. The average molecular weight is 248 g/mol. The molecule has 3 rings (SSSR count). The number of fused-ring (bicyclic) bond motifs is 3. The molecule has 17 heavy (non-hydrogen) atoms. The van der Waals surface area contributed by atoms with Crippen LogP contribution in [0.2, 0.25) is 0 Å². The molecule has 0 aliphatic heterocycles. The van der Waals surface area contributed by atoms with E-state index < -0.39 is 29.9 Å². The summed E-state index contributed by atoms with van der Waals surface area (Å²) in [5.74, 6) is -4.18. The van der Waals surface area contributed by atoms with Gasteiger partial charge in [-0.2, -0.15) is 13.9 Å². The zero-order valence-electron chi connectivity index (χ0n) is 9.42. The van der Waals surface area contributed by atoms with Crippen molar-refractivity contribution in [3.05, 3.63) is 17.0 Å². The Bertz CT molecular complexity index is 478. The van der Waals surface area contributed by atoms with E-state index in [9.17, 15) is 17.6 Å². The van der Waals surface area contributed by atoms with Gasteiger partial charge in [0.15, 0.2) is 0 Å². The van der Waals surface area contributed by atoms with Crippen LogP contribution in [0.4, 0.5) is 17.6 Å². The maximum Gasteiger partial charge on any atom is 0.293 e. The summed E-state index contributed by atoms with van der Waals surface area (Å²) in [5.41, 5.74) is -0.605. The van der Waals surface area contributed by atoms with Crippen LogP contribution < -0.4 is 0 Å². The van der Waals surface area contributed by atoms with Crippen molar-refractivity contribution >= 4 is 0 Å². The lowest BCUT2D eigenvalue weighted by molar-refractivity contribution is -0.0319. The largest absolute Gasteiger partial charge is 0.293 e. The maximum atomic E-state index is 14.0. The fourth-order valence-corrected chi connectivity index (χ4v) is 2.79. The third-order valence-electron chi connectivity index (χ3n) is 3.61. The summed E-state index contributed by atoms with van der Waals surface area (Å²) in [6.07, 6.45) is -2.47. The summed E-state index contributed by atoms with van der Waals surface area (Å²) in [6.45, 7) is 3.34. The van der Waals surface area contributed by atoms with Crippen LogP contribution in [-0.2, 0) is 5.92 Å². The van der Waals surface area contributed by atoms with Crippen LogP contribution in [0.5, 0.6) is 0 Å². The molecule has 0 aromatic carbocycles. The van der Waals surface area contributed by atoms with Gasteiger partial charge in [0, 0.05) is 17.5 Å². The highest BCUT2D eigenvalue weighted by Gasteiger charge is 2.67. The van der Waals surface area contributed by atoms with E-state index >= 15 is 0 Å². The van der Waals surface area contributed by atoms with Crippen molar-refractivity contribution in [1.29, 1.82) is 0 Å². The number of hydrogen-bond donors (Lipinski definition) is 0. The van der Waals surface area contributed by atoms with Gasteiger partial charge < -0.3 is 0 Å². The van der Waals surface area contributed by atoms with Gasteiger partial charge in [0.25, 0.3) is 12.3 Å². The minimum atomic E-state index is -3.00. The van der Waals surface area contributed by atoms with E-state index in [2.05, 4.69) is 5.10 Å². The van der Waals surface area contributed by atoms with Crippen molar-refractivity contribution in [2.24, 2.45) is 5.92 Å². The molecule has 1 saturated carbocycles. The predicted molar refractivity (Wildman–Crippen MR) is 52.3 cm³/mol. The third-order valence-corrected chi connectivity index (χ3v) is 3.61. The van der Waals surface area contributed by atoms with E-state index in [-0.39, 0.29) is 17.3 Å². The Kier molecular flexibility index (Phi) is 1.97. The molecule has 94 valence electrons. The Hall–Kier alpha value is -1.07. The lowest BCUT2D eigenvalue weighted by atomic mass is 10.1. The van der Waals surface area contributed by atoms with E-state index in [1.807, 2.05) is 0 Å². The number of hydrogen-bond acceptors (Lipinski definition) is 1. The zero-order chi connectivity index (χ0) is 12.5. The lowest BCUT2D eigenvalue weighted by Crippen LogP contribution is -2.21. The van der Waals surface area contributed by atoms with E-state index in [0.717, 1.165) is 4.68 Å². The van der Waals surface area contributed by atoms with Crippen molar-refractivity contribution in [3.8, 4) is 0 Å². The summed E-state index contributed by atoms with van der Waals surface area (Å²) < 4.78 is 54.6. The molecular formula is C11H12F4N2. The van der Waals surface area contributed by atoms with Crippen molar-refractivity contribution in [3.63, 3.8) is 0 Å². The summed E-state index contributed by atoms with van der Waals surface area (Å²) >= 11 is 0. The van der Waals surface area contributed by atoms with Gasteiger partial charge in [-0.1, -0.05) is 0 Å². The maximum absolute atomic E-state index is 14.0. The third kappa shape index (κ3) is 1.24. The smallest absolute Gasteiger partial charge is 0.260 e. The second-order valence-electron chi connectivity index (χ2n) is 5.06. The first-order valence-corrected chi connectivity index (χ1v) is 5.64. The molecule has 6 heteroatoms. The Balaban J connectivity index is 2.23. The van der Waals surface area contributed by atoms with E-state index in [0.29, 0.717) is 6.42 Å². The molecule has 2 atom stereocenters. The standard InChI is InChI=1S/C11H12F4N2/c1-4(2)17-9-7(8(16-17)10(12)13)5-3-6(5)11(9,14)15/h4-6,10H,3H2,1-2H3/t5?,6-/m1/s1. The van der Waals surface area contributed by atoms with Crippen LogP contribution in [0.15, 0.2) is 0 Å². The van der Waals surface area contributed by atoms with Gasteiger partial charge in [0.1, 0.15) is 11.4 Å². The molecule has 1 aromatic rings. The molecule has 1 heterocycles. The number of rotatable bonds is 2. The van der Waals surface area contributed by atoms with Gasteiger partial charge in [0.05, 0.1) is 0 Å². The fraction of sp³-hybridized carbons (Fsp3) is 0.727. The summed E-state index contributed by atoms with van der Waals surface area (Å²) in [5, 5.41) is 3.69. The molecule has 2 aliphatic carbocycles. The fourth-order valence-electron chi connectivity index (χ4n) is 2.79. The molecule has 0 spiro atoms. The monoisotopic (exact) mass is 248 g/mol. The van der Waals surface area contributed by atoms with Crippen LogP contribution in [0.25, 0.3) is 0 Å². The van der Waals surface area contributed by atoms with Crippen LogP contribution in [0, 0.1) is 5.92 Å². The lowest BCUT2D eigenvalue weighted by Gasteiger charge is -2.17. The first kappa shape index (κ1) is 11.0. The van der Waals surface area contributed by atoms with Gasteiger partial charge >= 0.3 is 0 Å². The van der Waals surface area contributed by atoms with Crippen LogP contribution in [0.1, 0.15) is 55.6 Å². The first-order chi connectivity index (χ1) is 7.85. The summed E-state index contributed by atoms with van der Waals surface area (Å²) in [6, 6.07) is -0.334. The second-order valence-corrected chi connectivity index (χ2v) is 5.06. The molecule has 1 aromatic heterocycles. The van der Waals surface area contributed by atoms with Gasteiger partial charge in [-0.15, -0.1) is 0 Å². The molecule has 0 saturated heterocycles. The average Bonchev–Trinajstić information content (AvgIpc) is 2.83. The molecule has 0 amide bonds. The predicted octanol–water partition coefficient (Wildman–Crippen LogP) is 3.61. The number of halogens is 4. The van der Waals surface area contributed by atoms with Crippen molar-refractivity contribution in [1.82, 2.24) is 9.78 Å². The van der Waals surface area contributed by atoms with Crippen molar-refractivity contribution in [2.75, 3.05) is 0 Å². The Morgan fingerprint density at radius 2 is 2.00 bits per heavy atom. The van der Waals surface area contributed by atoms with Gasteiger partial charge in [-0.3, -0.25) is 4.68 Å². The second kappa shape index (κ2) is 3.03. The number of alkyl halides is 4. The Morgan fingerprint density at radius 1 is 1.35 bits per heavy atom. The topological polar surface area (TPSA) is 17.8 Å².